The van der Waals surface area contributed by atoms with E-state index in [4.69, 9.17) is 0 Å². The maximum absolute atomic E-state index is 3.20. The Morgan fingerprint density at radius 3 is 3.19 bits per heavy atom. The summed E-state index contributed by atoms with van der Waals surface area (Å²) in [5, 5.41) is 5.44. The fraction of sp³-hybridized carbons (Fsp3) is 0.692. The molecule has 1 aromatic rings. The molecule has 0 aromatic carbocycles. The van der Waals surface area contributed by atoms with Crippen molar-refractivity contribution in [3.05, 3.63) is 21.9 Å². The molecule has 2 rings (SSSR count). The van der Waals surface area contributed by atoms with Gasteiger partial charge in [0.2, 0.25) is 0 Å². The van der Waals surface area contributed by atoms with Crippen LogP contribution in [0.15, 0.2) is 11.4 Å². The van der Waals surface area contributed by atoms with Gasteiger partial charge in [-0.15, -0.1) is 11.3 Å². The van der Waals surface area contributed by atoms with E-state index in [2.05, 4.69) is 21.7 Å². The zero-order valence-electron chi connectivity index (χ0n) is 10.2. The zero-order valence-corrected chi connectivity index (χ0v) is 11.0. The van der Waals surface area contributed by atoms with E-state index in [1.54, 1.807) is 10.4 Å². The van der Waals surface area contributed by atoms with Crippen molar-refractivity contribution >= 4 is 11.3 Å². The van der Waals surface area contributed by atoms with Crippen LogP contribution < -0.4 is 5.32 Å². The van der Waals surface area contributed by atoms with Gasteiger partial charge in [-0.2, -0.15) is 0 Å². The van der Waals surface area contributed by atoms with Crippen LogP contribution >= 0.6 is 11.3 Å². The van der Waals surface area contributed by atoms with Crippen molar-refractivity contribution in [3.63, 3.8) is 0 Å². The lowest BCUT2D eigenvalue weighted by molar-refractivity contribution is 0.250. The van der Waals surface area contributed by atoms with Crippen molar-refractivity contribution < 1.29 is 0 Å². The smallest absolute Gasteiger partial charge is 0.0244 e. The Balaban J connectivity index is 1.65. The van der Waals surface area contributed by atoms with Crippen molar-refractivity contribution in [2.45, 2.75) is 32.2 Å². The Hall–Kier alpha value is -0.380. The minimum atomic E-state index is 1.16. The Bertz CT molecular complexity index is 309. The van der Waals surface area contributed by atoms with E-state index in [0.717, 1.165) is 6.54 Å². The molecule has 2 heterocycles. The molecule has 3 heteroatoms. The highest BCUT2D eigenvalue weighted by Crippen LogP contribution is 2.23. The summed E-state index contributed by atoms with van der Waals surface area (Å²) < 4.78 is 0. The summed E-state index contributed by atoms with van der Waals surface area (Å²) in [6, 6.07) is 2.30. The van der Waals surface area contributed by atoms with E-state index in [1.807, 2.05) is 18.4 Å². The van der Waals surface area contributed by atoms with Gasteiger partial charge in [-0.05, 0) is 56.4 Å². The summed E-state index contributed by atoms with van der Waals surface area (Å²) in [6.07, 6.45) is 5.28. The predicted molar refractivity (Wildman–Crippen MR) is 71.1 cm³/mol. The fourth-order valence-electron chi connectivity index (χ4n) is 2.31. The van der Waals surface area contributed by atoms with E-state index in [0.29, 0.717) is 0 Å². The lowest BCUT2D eigenvalue weighted by atomic mass is 10.1. The van der Waals surface area contributed by atoms with Crippen molar-refractivity contribution in [1.82, 2.24) is 10.2 Å². The van der Waals surface area contributed by atoms with Crippen LogP contribution in [0.5, 0.6) is 0 Å². The van der Waals surface area contributed by atoms with Crippen LogP contribution in [0.1, 0.15) is 29.7 Å². The molecule has 0 bridgehead atoms. The molecule has 0 atom stereocenters. The summed E-state index contributed by atoms with van der Waals surface area (Å²) in [7, 11) is 2.03. The highest BCUT2D eigenvalue weighted by atomic mass is 32.1. The second-order valence-electron chi connectivity index (χ2n) is 4.56. The molecule has 0 spiro atoms. The number of fused-ring (bicyclic) bond motifs is 1. The molecule has 16 heavy (non-hydrogen) atoms. The number of nitrogens with zero attached hydrogens (tertiary/aromatic N) is 1. The highest BCUT2D eigenvalue weighted by molar-refractivity contribution is 7.10. The Morgan fingerprint density at radius 2 is 2.31 bits per heavy atom. The number of hydrogen-bond donors (Lipinski definition) is 1. The number of thiophene rings is 1. The molecule has 0 radical (unpaired) electrons. The van der Waals surface area contributed by atoms with Crippen LogP contribution in [0.4, 0.5) is 0 Å². The summed E-state index contributed by atoms with van der Waals surface area (Å²) in [6.45, 7) is 4.89. The maximum Gasteiger partial charge on any atom is 0.0244 e. The molecule has 1 aliphatic rings. The molecule has 0 unspecified atom stereocenters. The van der Waals surface area contributed by atoms with Gasteiger partial charge in [0.15, 0.2) is 0 Å². The van der Waals surface area contributed by atoms with Crippen LogP contribution in [-0.4, -0.2) is 31.6 Å². The Morgan fingerprint density at radius 1 is 1.38 bits per heavy atom. The first-order valence-electron chi connectivity index (χ1n) is 6.32. The summed E-state index contributed by atoms with van der Waals surface area (Å²) in [4.78, 5) is 4.22. The van der Waals surface area contributed by atoms with Gasteiger partial charge in [-0.3, -0.25) is 4.90 Å². The molecular formula is C13H22N2S. The largest absolute Gasteiger partial charge is 0.320 e. The minimum Gasteiger partial charge on any atom is -0.320 e. The second-order valence-corrected chi connectivity index (χ2v) is 5.56. The lowest BCUT2D eigenvalue weighted by Crippen LogP contribution is -2.30. The van der Waals surface area contributed by atoms with Gasteiger partial charge in [-0.1, -0.05) is 6.42 Å². The molecule has 1 N–H and O–H groups in total. The molecule has 2 nitrogen and oxygen atoms in total. The zero-order chi connectivity index (χ0) is 11.2. The van der Waals surface area contributed by atoms with Gasteiger partial charge in [0.1, 0.15) is 0 Å². The van der Waals surface area contributed by atoms with Crippen molar-refractivity contribution in [1.29, 1.82) is 0 Å². The van der Waals surface area contributed by atoms with Gasteiger partial charge in [-0.25, -0.2) is 0 Å². The molecule has 0 saturated heterocycles. The topological polar surface area (TPSA) is 15.3 Å². The molecule has 0 amide bonds. The highest BCUT2D eigenvalue weighted by Gasteiger charge is 2.16. The number of unbranched alkanes of at least 4 members (excludes halogenated alkanes) is 2. The predicted octanol–water partition coefficient (Wildman–Crippen LogP) is 2.50. The Kier molecular flexibility index (Phi) is 4.82. The molecule has 0 fully saturated rings. The monoisotopic (exact) mass is 238 g/mol. The van der Waals surface area contributed by atoms with E-state index >= 15 is 0 Å². The van der Waals surface area contributed by atoms with Crippen molar-refractivity contribution in [2.75, 3.05) is 26.7 Å². The summed E-state index contributed by atoms with van der Waals surface area (Å²) in [5.74, 6) is 0. The summed E-state index contributed by atoms with van der Waals surface area (Å²) >= 11 is 1.93. The third-order valence-electron chi connectivity index (χ3n) is 3.29. The van der Waals surface area contributed by atoms with E-state index in [9.17, 15) is 0 Å². The van der Waals surface area contributed by atoms with Crippen LogP contribution in [0.2, 0.25) is 0 Å². The SMILES string of the molecule is CNCCCCCN1CCc2sccc2C1. The average Bonchev–Trinajstić information content (AvgIpc) is 2.76. The van der Waals surface area contributed by atoms with Crippen LogP contribution in [-0.2, 0) is 13.0 Å². The Labute approximate surface area is 103 Å². The van der Waals surface area contributed by atoms with Gasteiger partial charge in [0.25, 0.3) is 0 Å². The molecule has 1 aromatic heterocycles. The van der Waals surface area contributed by atoms with E-state index in [1.165, 1.54) is 45.3 Å². The number of hydrogen-bond acceptors (Lipinski definition) is 3. The summed E-state index contributed by atoms with van der Waals surface area (Å²) in [5.41, 5.74) is 1.58. The molecule has 0 saturated carbocycles. The van der Waals surface area contributed by atoms with E-state index in [-0.39, 0.29) is 0 Å². The first kappa shape index (κ1) is 12.1. The third kappa shape index (κ3) is 3.30. The van der Waals surface area contributed by atoms with Gasteiger partial charge < -0.3 is 5.32 Å². The van der Waals surface area contributed by atoms with Crippen molar-refractivity contribution in [2.24, 2.45) is 0 Å². The van der Waals surface area contributed by atoms with Crippen molar-refractivity contribution in [3.8, 4) is 0 Å². The molecule has 0 aliphatic carbocycles. The van der Waals surface area contributed by atoms with E-state index < -0.39 is 0 Å². The molecule has 1 aliphatic heterocycles. The molecule has 90 valence electrons. The van der Waals surface area contributed by atoms with Crippen LogP contribution in [0.25, 0.3) is 0 Å². The minimum absolute atomic E-state index is 1.16. The fourth-order valence-corrected chi connectivity index (χ4v) is 3.20. The normalized spacial score (nSPS) is 16.3. The third-order valence-corrected chi connectivity index (χ3v) is 4.31. The molecular weight excluding hydrogens is 216 g/mol. The quantitative estimate of drug-likeness (QED) is 0.766. The van der Waals surface area contributed by atoms with Crippen LogP contribution in [0, 0.1) is 0 Å². The lowest BCUT2D eigenvalue weighted by Gasteiger charge is -2.26. The second kappa shape index (κ2) is 6.38. The first-order chi connectivity index (χ1) is 7.90. The number of nitrogens with one attached hydrogen (secondary N) is 1. The first-order valence-corrected chi connectivity index (χ1v) is 7.20. The van der Waals surface area contributed by atoms with Gasteiger partial charge in [0, 0.05) is 18.0 Å². The van der Waals surface area contributed by atoms with Crippen LogP contribution in [0.3, 0.4) is 0 Å². The standard InChI is InChI=1S/C13H22N2S/c1-14-7-3-2-4-8-15-9-5-13-12(11-15)6-10-16-13/h6,10,14H,2-5,7-9,11H2,1H3. The van der Waals surface area contributed by atoms with Gasteiger partial charge in [0.05, 0.1) is 0 Å². The van der Waals surface area contributed by atoms with Gasteiger partial charge >= 0.3 is 0 Å². The number of rotatable bonds is 6. The maximum atomic E-state index is 3.20. The average molecular weight is 238 g/mol.